The molecule has 1 saturated heterocycles. The number of carboxylic acid groups (broad SMARTS) is 1. The van der Waals surface area contributed by atoms with Gasteiger partial charge in [0.15, 0.2) is 0 Å². The summed E-state index contributed by atoms with van der Waals surface area (Å²) in [6.45, 7) is 3.38. The molecule has 0 aromatic heterocycles. The summed E-state index contributed by atoms with van der Waals surface area (Å²) in [5.74, 6) is 6.96. The summed E-state index contributed by atoms with van der Waals surface area (Å²) >= 11 is 5.88. The molecule has 0 amide bonds. The number of piperidine rings is 1. The van der Waals surface area contributed by atoms with E-state index in [0.29, 0.717) is 24.8 Å². The Labute approximate surface area is 181 Å². The number of halogens is 1. The van der Waals surface area contributed by atoms with Crippen molar-refractivity contribution < 1.29 is 19.4 Å². The van der Waals surface area contributed by atoms with E-state index in [1.54, 1.807) is 0 Å². The molecule has 4 rings (SSSR count). The predicted molar refractivity (Wildman–Crippen MR) is 115 cm³/mol. The lowest BCUT2D eigenvalue weighted by Crippen LogP contribution is -2.44. The van der Waals surface area contributed by atoms with Crippen LogP contribution in [-0.4, -0.2) is 48.8 Å². The SMILES string of the molecule is O=C(O)CCN1CCC2(CC1)COc1cc(OCC#Cc3ccc(Cl)cc3)ccc12. The van der Waals surface area contributed by atoms with Crippen molar-refractivity contribution in [3.8, 4) is 23.3 Å². The van der Waals surface area contributed by atoms with E-state index in [2.05, 4.69) is 22.8 Å². The van der Waals surface area contributed by atoms with E-state index in [-0.39, 0.29) is 11.8 Å². The molecular weight excluding hydrogens is 402 g/mol. The van der Waals surface area contributed by atoms with Gasteiger partial charge < -0.3 is 19.5 Å². The molecule has 2 aliphatic heterocycles. The third-order valence-corrected chi connectivity index (χ3v) is 6.12. The molecule has 1 spiro atoms. The molecule has 0 aliphatic carbocycles. The first-order valence-corrected chi connectivity index (χ1v) is 10.5. The number of likely N-dealkylation sites (tertiary alicyclic amines) is 1. The molecule has 30 heavy (non-hydrogen) atoms. The van der Waals surface area contributed by atoms with Gasteiger partial charge in [0.25, 0.3) is 0 Å². The van der Waals surface area contributed by atoms with Crippen LogP contribution in [0.1, 0.15) is 30.4 Å². The highest BCUT2D eigenvalue weighted by molar-refractivity contribution is 6.30. The Morgan fingerprint density at radius 1 is 1.20 bits per heavy atom. The first kappa shape index (κ1) is 20.6. The molecule has 0 radical (unpaired) electrons. The van der Waals surface area contributed by atoms with Crippen molar-refractivity contribution >= 4 is 17.6 Å². The zero-order valence-corrected chi connectivity index (χ0v) is 17.5. The molecule has 2 aromatic rings. The van der Waals surface area contributed by atoms with Crippen molar-refractivity contribution in [3.63, 3.8) is 0 Å². The van der Waals surface area contributed by atoms with Gasteiger partial charge in [-0.2, -0.15) is 0 Å². The van der Waals surface area contributed by atoms with Gasteiger partial charge in [-0.25, -0.2) is 0 Å². The second-order valence-electron chi connectivity index (χ2n) is 7.81. The van der Waals surface area contributed by atoms with Crippen molar-refractivity contribution in [1.29, 1.82) is 0 Å². The third kappa shape index (κ3) is 4.72. The minimum atomic E-state index is -0.741. The summed E-state index contributed by atoms with van der Waals surface area (Å²) in [4.78, 5) is 13.0. The van der Waals surface area contributed by atoms with Crippen molar-refractivity contribution in [3.05, 3.63) is 58.6 Å². The van der Waals surface area contributed by atoms with Gasteiger partial charge in [-0.3, -0.25) is 4.79 Å². The van der Waals surface area contributed by atoms with E-state index >= 15 is 0 Å². The second-order valence-corrected chi connectivity index (χ2v) is 8.25. The largest absolute Gasteiger partial charge is 0.492 e. The summed E-state index contributed by atoms with van der Waals surface area (Å²) in [7, 11) is 0. The number of rotatable bonds is 5. The zero-order valence-electron chi connectivity index (χ0n) is 16.7. The highest BCUT2D eigenvalue weighted by Gasteiger charge is 2.43. The van der Waals surface area contributed by atoms with Crippen LogP contribution in [0, 0.1) is 11.8 Å². The van der Waals surface area contributed by atoms with Crippen LogP contribution in [0.25, 0.3) is 0 Å². The average Bonchev–Trinajstić information content (AvgIpc) is 3.09. The third-order valence-electron chi connectivity index (χ3n) is 5.87. The molecule has 6 heteroatoms. The molecule has 0 unspecified atom stereocenters. The van der Waals surface area contributed by atoms with Crippen LogP contribution in [0.4, 0.5) is 0 Å². The lowest BCUT2D eigenvalue weighted by atomic mass is 9.74. The highest BCUT2D eigenvalue weighted by atomic mass is 35.5. The van der Waals surface area contributed by atoms with Crippen LogP contribution in [0.2, 0.25) is 5.02 Å². The van der Waals surface area contributed by atoms with Crippen molar-refractivity contribution in [1.82, 2.24) is 4.90 Å². The first-order valence-electron chi connectivity index (χ1n) is 10.1. The molecule has 0 atom stereocenters. The highest BCUT2D eigenvalue weighted by Crippen LogP contribution is 2.46. The van der Waals surface area contributed by atoms with Crippen LogP contribution in [0.3, 0.4) is 0 Å². The van der Waals surface area contributed by atoms with E-state index in [1.165, 1.54) is 5.56 Å². The standard InChI is InChI=1S/C24H24ClNO4/c25-19-5-3-18(4-6-19)2-1-15-29-20-7-8-21-22(16-20)30-17-24(21)10-13-26(14-11-24)12-9-23(27)28/h3-8,16H,9-15,17H2,(H,27,28). The van der Waals surface area contributed by atoms with Gasteiger partial charge in [-0.1, -0.05) is 29.5 Å². The summed E-state index contributed by atoms with van der Waals surface area (Å²) in [5, 5.41) is 9.57. The number of nitrogens with zero attached hydrogens (tertiary/aromatic N) is 1. The maximum absolute atomic E-state index is 10.8. The topological polar surface area (TPSA) is 59.0 Å². The number of carbonyl (C=O) groups is 1. The number of fused-ring (bicyclic) bond motifs is 2. The molecule has 0 bridgehead atoms. The Kier molecular flexibility index (Phi) is 6.17. The quantitative estimate of drug-likeness (QED) is 0.734. The van der Waals surface area contributed by atoms with Gasteiger partial charge in [-0.15, -0.1) is 0 Å². The molecule has 1 N–H and O–H groups in total. The molecule has 5 nitrogen and oxygen atoms in total. The maximum Gasteiger partial charge on any atom is 0.304 e. The van der Waals surface area contributed by atoms with Crippen molar-refractivity contribution in [2.75, 3.05) is 32.8 Å². The van der Waals surface area contributed by atoms with Gasteiger partial charge >= 0.3 is 5.97 Å². The Hall–Kier alpha value is -2.68. The van der Waals surface area contributed by atoms with Crippen LogP contribution in [0.5, 0.6) is 11.5 Å². The number of hydrogen-bond acceptors (Lipinski definition) is 4. The molecule has 0 saturated carbocycles. The van der Waals surface area contributed by atoms with Gasteiger partial charge in [-0.05, 0) is 56.3 Å². The maximum atomic E-state index is 10.8. The Bertz CT molecular complexity index is 969. The summed E-state index contributed by atoms with van der Waals surface area (Å²) in [5.41, 5.74) is 2.17. The lowest BCUT2D eigenvalue weighted by Gasteiger charge is -2.38. The van der Waals surface area contributed by atoms with Crippen LogP contribution in [-0.2, 0) is 10.2 Å². The van der Waals surface area contributed by atoms with E-state index in [9.17, 15) is 4.79 Å². The number of hydrogen-bond donors (Lipinski definition) is 1. The molecule has 2 aromatic carbocycles. The zero-order chi connectivity index (χ0) is 21.0. The fourth-order valence-corrected chi connectivity index (χ4v) is 4.23. The van der Waals surface area contributed by atoms with Gasteiger partial charge in [0.2, 0.25) is 0 Å². The summed E-state index contributed by atoms with van der Waals surface area (Å²) in [6.07, 6.45) is 2.15. The van der Waals surface area contributed by atoms with E-state index in [0.717, 1.165) is 43.0 Å². The van der Waals surface area contributed by atoms with Crippen molar-refractivity contribution in [2.24, 2.45) is 0 Å². The van der Waals surface area contributed by atoms with Crippen LogP contribution >= 0.6 is 11.6 Å². The minimum absolute atomic E-state index is 0.0297. The van der Waals surface area contributed by atoms with E-state index < -0.39 is 5.97 Å². The number of benzene rings is 2. The minimum Gasteiger partial charge on any atom is -0.492 e. The van der Waals surface area contributed by atoms with Gasteiger partial charge in [0.05, 0.1) is 13.0 Å². The molecule has 2 aliphatic rings. The van der Waals surface area contributed by atoms with Gasteiger partial charge in [0.1, 0.15) is 18.1 Å². The molecule has 2 heterocycles. The smallest absolute Gasteiger partial charge is 0.304 e. The summed E-state index contributed by atoms with van der Waals surface area (Å²) < 4.78 is 11.8. The number of carboxylic acids is 1. The number of ether oxygens (including phenoxy) is 2. The predicted octanol–water partition coefficient (Wildman–Crippen LogP) is 3.97. The van der Waals surface area contributed by atoms with Gasteiger partial charge in [0, 0.05) is 34.2 Å². The van der Waals surface area contributed by atoms with E-state index in [4.69, 9.17) is 26.2 Å². The monoisotopic (exact) mass is 425 g/mol. The summed E-state index contributed by atoms with van der Waals surface area (Å²) in [6, 6.07) is 13.4. The first-order chi connectivity index (χ1) is 14.5. The average molecular weight is 426 g/mol. The molecular formula is C24H24ClNO4. The van der Waals surface area contributed by atoms with Crippen LogP contribution in [0.15, 0.2) is 42.5 Å². The fourth-order valence-electron chi connectivity index (χ4n) is 4.11. The molecule has 1 fully saturated rings. The Balaban J connectivity index is 1.34. The molecule has 156 valence electrons. The number of aliphatic carboxylic acids is 1. The lowest BCUT2D eigenvalue weighted by molar-refractivity contribution is -0.137. The van der Waals surface area contributed by atoms with Crippen LogP contribution < -0.4 is 9.47 Å². The normalized spacial score (nSPS) is 17.0. The fraction of sp³-hybridized carbons (Fsp3) is 0.375. The van der Waals surface area contributed by atoms with Crippen molar-refractivity contribution in [2.45, 2.75) is 24.7 Å². The Morgan fingerprint density at radius 3 is 2.70 bits per heavy atom. The Morgan fingerprint density at radius 2 is 1.97 bits per heavy atom. The second kappa shape index (κ2) is 8.99. The van der Waals surface area contributed by atoms with E-state index in [1.807, 2.05) is 36.4 Å².